The van der Waals surface area contributed by atoms with Crippen LogP contribution in [0.1, 0.15) is 6.23 Å². The van der Waals surface area contributed by atoms with Gasteiger partial charge in [-0.05, 0) is 0 Å². The van der Waals surface area contributed by atoms with Gasteiger partial charge in [0.1, 0.15) is 12.2 Å². The standard InChI is InChI=1S/C10H11F2N3O4/c11-1-4-6(3-16)19-9(7(4)17)15-2-5(12)8(13)14-10(15)18/h1-2,6-7,9,16-17H,3H2,(H2,13,14,18). The van der Waals surface area contributed by atoms with E-state index in [2.05, 4.69) is 4.98 Å². The van der Waals surface area contributed by atoms with Crippen molar-refractivity contribution in [1.29, 1.82) is 0 Å². The summed E-state index contributed by atoms with van der Waals surface area (Å²) >= 11 is 0. The highest BCUT2D eigenvalue weighted by Gasteiger charge is 2.40. The second-order valence-corrected chi connectivity index (χ2v) is 3.92. The van der Waals surface area contributed by atoms with Crippen molar-refractivity contribution in [1.82, 2.24) is 9.55 Å². The molecule has 0 radical (unpaired) electrons. The molecule has 0 saturated carbocycles. The second-order valence-electron chi connectivity index (χ2n) is 3.92. The third-order valence-corrected chi connectivity index (χ3v) is 2.79. The molecule has 104 valence electrons. The first-order chi connectivity index (χ1) is 8.99. The molecule has 3 atom stereocenters. The van der Waals surface area contributed by atoms with Crippen LogP contribution in [0, 0.1) is 5.82 Å². The Labute approximate surface area is 105 Å². The molecule has 19 heavy (non-hydrogen) atoms. The molecule has 0 spiro atoms. The van der Waals surface area contributed by atoms with Crippen LogP contribution in [0.15, 0.2) is 22.9 Å². The predicted octanol–water partition coefficient (Wildman–Crippen LogP) is -0.931. The summed E-state index contributed by atoms with van der Waals surface area (Å²) in [6.45, 7) is -0.594. The van der Waals surface area contributed by atoms with Gasteiger partial charge in [0.25, 0.3) is 0 Å². The molecule has 1 saturated heterocycles. The number of halogens is 2. The van der Waals surface area contributed by atoms with E-state index in [0.29, 0.717) is 10.8 Å². The average molecular weight is 275 g/mol. The van der Waals surface area contributed by atoms with Crippen molar-refractivity contribution in [2.45, 2.75) is 18.4 Å². The predicted molar refractivity (Wildman–Crippen MR) is 59.1 cm³/mol. The van der Waals surface area contributed by atoms with E-state index in [-0.39, 0.29) is 11.9 Å². The Morgan fingerprint density at radius 3 is 2.84 bits per heavy atom. The van der Waals surface area contributed by atoms with Crippen molar-refractivity contribution in [3.63, 3.8) is 0 Å². The molecule has 1 fully saturated rings. The summed E-state index contributed by atoms with van der Waals surface area (Å²) in [4.78, 5) is 14.8. The van der Waals surface area contributed by atoms with Crippen molar-refractivity contribution in [2.75, 3.05) is 12.3 Å². The van der Waals surface area contributed by atoms with Crippen LogP contribution in [-0.2, 0) is 4.74 Å². The summed E-state index contributed by atoms with van der Waals surface area (Å²) in [6.07, 6.45) is -3.25. The number of nitrogen functional groups attached to an aromatic ring is 1. The zero-order valence-corrected chi connectivity index (χ0v) is 9.53. The Bertz CT molecular complexity index is 574. The maximum absolute atomic E-state index is 13.3. The van der Waals surface area contributed by atoms with E-state index in [1.54, 1.807) is 0 Å². The molecule has 4 N–H and O–H groups in total. The van der Waals surface area contributed by atoms with Crippen molar-refractivity contribution in [3.05, 3.63) is 34.4 Å². The topological polar surface area (TPSA) is 111 Å². The Hall–Kier alpha value is -1.84. The maximum Gasteiger partial charge on any atom is 0.351 e. The smallest absolute Gasteiger partial charge is 0.351 e. The fourth-order valence-corrected chi connectivity index (χ4v) is 1.82. The normalized spacial score (nSPS) is 29.1. The minimum Gasteiger partial charge on any atom is -0.393 e. The van der Waals surface area contributed by atoms with E-state index in [0.717, 1.165) is 0 Å². The fraction of sp³-hybridized carbons (Fsp3) is 0.400. The molecular weight excluding hydrogens is 264 g/mol. The molecule has 0 bridgehead atoms. The molecule has 7 nitrogen and oxygen atoms in total. The van der Waals surface area contributed by atoms with Gasteiger partial charge >= 0.3 is 5.69 Å². The van der Waals surface area contributed by atoms with Crippen LogP contribution in [0.2, 0.25) is 0 Å². The maximum atomic E-state index is 13.3. The Morgan fingerprint density at radius 1 is 1.63 bits per heavy atom. The lowest BCUT2D eigenvalue weighted by molar-refractivity contribution is -0.0531. The van der Waals surface area contributed by atoms with Gasteiger partial charge in [0.05, 0.1) is 19.1 Å². The lowest BCUT2D eigenvalue weighted by atomic mass is 10.1. The number of rotatable bonds is 2. The van der Waals surface area contributed by atoms with Crippen LogP contribution in [0.3, 0.4) is 0 Å². The van der Waals surface area contributed by atoms with Gasteiger partial charge in [0, 0.05) is 5.57 Å². The van der Waals surface area contributed by atoms with E-state index in [4.69, 9.17) is 15.6 Å². The molecule has 0 amide bonds. The monoisotopic (exact) mass is 275 g/mol. The van der Waals surface area contributed by atoms with Gasteiger partial charge in [0.15, 0.2) is 17.9 Å². The first kappa shape index (κ1) is 13.6. The fourth-order valence-electron chi connectivity index (χ4n) is 1.82. The largest absolute Gasteiger partial charge is 0.393 e. The minimum absolute atomic E-state index is 0.0810. The van der Waals surface area contributed by atoms with Gasteiger partial charge in [-0.25, -0.2) is 13.6 Å². The van der Waals surface area contributed by atoms with Gasteiger partial charge in [-0.2, -0.15) is 4.98 Å². The van der Waals surface area contributed by atoms with E-state index >= 15 is 0 Å². The third kappa shape index (κ3) is 2.23. The van der Waals surface area contributed by atoms with Crippen LogP contribution in [-0.4, -0.2) is 38.6 Å². The average Bonchev–Trinajstić information content (AvgIpc) is 2.70. The SMILES string of the molecule is Nc1nc(=O)n(C2OC(CO)C(=CF)C2O)cc1F. The zero-order valence-electron chi connectivity index (χ0n) is 9.53. The van der Waals surface area contributed by atoms with Crippen LogP contribution in [0.4, 0.5) is 14.6 Å². The van der Waals surface area contributed by atoms with Crippen molar-refractivity contribution in [3.8, 4) is 0 Å². The lowest BCUT2D eigenvalue weighted by Crippen LogP contribution is -2.33. The molecule has 2 heterocycles. The molecule has 1 aliphatic rings. The van der Waals surface area contributed by atoms with E-state index in [1.165, 1.54) is 0 Å². The summed E-state index contributed by atoms with van der Waals surface area (Å²) in [5.41, 5.74) is 3.92. The summed E-state index contributed by atoms with van der Waals surface area (Å²) < 4.78 is 31.6. The quantitative estimate of drug-likeness (QED) is 0.643. The Morgan fingerprint density at radius 2 is 2.32 bits per heavy atom. The van der Waals surface area contributed by atoms with Crippen LogP contribution < -0.4 is 11.4 Å². The number of ether oxygens (including phenoxy) is 1. The van der Waals surface area contributed by atoms with Gasteiger partial charge in [-0.15, -0.1) is 0 Å². The molecule has 9 heteroatoms. The van der Waals surface area contributed by atoms with Crippen LogP contribution in [0.5, 0.6) is 0 Å². The first-order valence-electron chi connectivity index (χ1n) is 5.28. The summed E-state index contributed by atoms with van der Waals surface area (Å²) in [5.74, 6) is -1.57. The van der Waals surface area contributed by atoms with Crippen molar-refractivity contribution >= 4 is 5.82 Å². The lowest BCUT2D eigenvalue weighted by Gasteiger charge is -2.16. The van der Waals surface area contributed by atoms with Gasteiger partial charge in [-0.1, -0.05) is 0 Å². The minimum atomic E-state index is -1.54. The van der Waals surface area contributed by atoms with Crippen molar-refractivity contribution < 1.29 is 23.7 Å². The van der Waals surface area contributed by atoms with E-state index in [9.17, 15) is 18.7 Å². The highest BCUT2D eigenvalue weighted by Crippen LogP contribution is 2.32. The molecule has 1 aromatic rings. The molecule has 3 unspecified atom stereocenters. The zero-order chi connectivity index (χ0) is 14.2. The Balaban J connectivity index is 2.44. The molecule has 2 rings (SSSR count). The first-order valence-corrected chi connectivity index (χ1v) is 5.28. The van der Waals surface area contributed by atoms with Crippen LogP contribution in [0.25, 0.3) is 0 Å². The number of nitrogens with zero attached hydrogens (tertiary/aromatic N) is 2. The van der Waals surface area contributed by atoms with Gasteiger partial charge in [0.2, 0.25) is 0 Å². The number of hydrogen-bond donors (Lipinski definition) is 3. The van der Waals surface area contributed by atoms with E-state index in [1.807, 2.05) is 0 Å². The van der Waals surface area contributed by atoms with Gasteiger partial charge < -0.3 is 20.7 Å². The van der Waals surface area contributed by atoms with Crippen molar-refractivity contribution in [2.24, 2.45) is 0 Å². The van der Waals surface area contributed by atoms with Gasteiger partial charge in [-0.3, -0.25) is 4.57 Å². The van der Waals surface area contributed by atoms with Crippen LogP contribution >= 0.6 is 0 Å². The number of nitrogens with two attached hydrogens (primary N) is 1. The highest BCUT2D eigenvalue weighted by atomic mass is 19.1. The van der Waals surface area contributed by atoms with E-state index < -0.39 is 42.4 Å². The summed E-state index contributed by atoms with van der Waals surface area (Å²) in [6, 6.07) is 0. The summed E-state index contributed by atoms with van der Waals surface area (Å²) in [7, 11) is 0. The Kier molecular flexibility index (Phi) is 3.60. The molecular formula is C10H11F2N3O4. The molecule has 1 aliphatic heterocycles. The third-order valence-electron chi connectivity index (χ3n) is 2.79. The number of hydrogen-bond acceptors (Lipinski definition) is 6. The number of aliphatic hydroxyl groups excluding tert-OH is 2. The molecule has 0 aromatic carbocycles. The molecule has 0 aliphatic carbocycles. The highest BCUT2D eigenvalue weighted by molar-refractivity contribution is 5.27. The second kappa shape index (κ2) is 5.03. The summed E-state index contributed by atoms with van der Waals surface area (Å²) in [5, 5.41) is 18.8. The number of anilines is 1. The number of aromatic nitrogens is 2. The number of aliphatic hydroxyl groups is 2. The molecule has 1 aromatic heterocycles.